The van der Waals surface area contributed by atoms with Crippen molar-refractivity contribution in [3.05, 3.63) is 27.6 Å². The second-order valence-electron chi connectivity index (χ2n) is 3.90. The Balaban J connectivity index is 2.85. The summed E-state index contributed by atoms with van der Waals surface area (Å²) in [5.74, 6) is -1.51. The first-order valence-corrected chi connectivity index (χ1v) is 6.67. The lowest BCUT2D eigenvalue weighted by atomic mass is 10.2. The molecule has 0 saturated carbocycles. The number of nitrogens with zero attached hydrogens (tertiary/aromatic N) is 1. The topological polar surface area (TPSA) is 69.6 Å². The van der Waals surface area contributed by atoms with Crippen LogP contribution in [0.25, 0.3) is 0 Å². The van der Waals surface area contributed by atoms with Crippen LogP contribution in [-0.4, -0.2) is 35.1 Å². The number of hydrogen-bond donors (Lipinski definition) is 2. The van der Waals surface area contributed by atoms with Crippen molar-refractivity contribution in [3.63, 3.8) is 0 Å². The third-order valence-corrected chi connectivity index (χ3v) is 3.75. The highest BCUT2D eigenvalue weighted by Crippen LogP contribution is 2.21. The molecule has 0 radical (unpaired) electrons. The lowest BCUT2D eigenvalue weighted by Gasteiger charge is -2.24. The number of urea groups is 1. The summed E-state index contributed by atoms with van der Waals surface area (Å²) in [5, 5.41) is 11.5. The van der Waals surface area contributed by atoms with Gasteiger partial charge in [0.15, 0.2) is 0 Å². The minimum Gasteiger partial charge on any atom is -0.480 e. The number of aliphatic carboxylic acids is 1. The average molecular weight is 380 g/mol. The molecule has 0 aliphatic heterocycles. The summed E-state index contributed by atoms with van der Waals surface area (Å²) in [6.45, 7) is 1.68. The van der Waals surface area contributed by atoms with Crippen molar-refractivity contribution in [1.29, 1.82) is 0 Å². The first kappa shape index (κ1) is 15.7. The maximum absolute atomic E-state index is 13.3. The maximum Gasteiger partial charge on any atom is 0.326 e. The van der Waals surface area contributed by atoms with Crippen molar-refractivity contribution in [2.75, 3.05) is 12.4 Å². The van der Waals surface area contributed by atoms with Crippen molar-refractivity contribution in [3.8, 4) is 0 Å². The van der Waals surface area contributed by atoms with Gasteiger partial charge in [-0.2, -0.15) is 0 Å². The molecule has 1 aromatic carbocycles. The van der Waals surface area contributed by atoms with Gasteiger partial charge < -0.3 is 15.3 Å². The second-order valence-corrected chi connectivity index (χ2v) is 4.98. The van der Waals surface area contributed by atoms with Crippen LogP contribution in [0, 0.1) is 9.39 Å². The Morgan fingerprint density at radius 3 is 2.68 bits per heavy atom. The molecule has 0 fully saturated rings. The van der Waals surface area contributed by atoms with Crippen LogP contribution >= 0.6 is 22.6 Å². The quantitative estimate of drug-likeness (QED) is 0.790. The van der Waals surface area contributed by atoms with Crippen LogP contribution in [0.15, 0.2) is 18.2 Å². The molecule has 0 spiro atoms. The zero-order valence-corrected chi connectivity index (χ0v) is 12.6. The zero-order valence-electron chi connectivity index (χ0n) is 10.5. The monoisotopic (exact) mass is 380 g/mol. The zero-order chi connectivity index (χ0) is 14.6. The normalized spacial score (nSPS) is 11.8. The Bertz CT molecular complexity index is 496. The first-order valence-electron chi connectivity index (χ1n) is 5.59. The molecule has 2 N–H and O–H groups in total. The van der Waals surface area contributed by atoms with E-state index in [9.17, 15) is 14.0 Å². The Kier molecular flexibility index (Phi) is 5.52. The van der Waals surface area contributed by atoms with Crippen LogP contribution < -0.4 is 5.32 Å². The average Bonchev–Trinajstić information content (AvgIpc) is 2.35. The molecule has 104 valence electrons. The van der Waals surface area contributed by atoms with Crippen LogP contribution in [0.1, 0.15) is 13.3 Å². The number of amides is 2. The molecule has 1 atom stereocenters. The van der Waals surface area contributed by atoms with Crippen molar-refractivity contribution in [2.24, 2.45) is 0 Å². The fourth-order valence-corrected chi connectivity index (χ4v) is 2.05. The molecule has 0 aliphatic carbocycles. The van der Waals surface area contributed by atoms with E-state index in [2.05, 4.69) is 5.32 Å². The lowest BCUT2D eigenvalue weighted by molar-refractivity contribution is -0.141. The van der Waals surface area contributed by atoms with Crippen molar-refractivity contribution in [1.82, 2.24) is 4.90 Å². The predicted molar refractivity (Wildman–Crippen MR) is 77.6 cm³/mol. The standard InChI is InChI=1S/C12H14FIN2O3/c1-3-9(11(17)18)16(2)12(19)15-8-6-4-5-7(13)10(8)14/h4-6,9H,3H2,1-2H3,(H,15,19)(H,17,18). The predicted octanol–water partition coefficient (Wildman–Crippen LogP) is 2.76. The van der Waals surface area contributed by atoms with Gasteiger partial charge in [0, 0.05) is 7.05 Å². The first-order chi connectivity index (χ1) is 8.88. The van der Waals surface area contributed by atoms with Crippen LogP contribution in [-0.2, 0) is 4.79 Å². The molecule has 0 bridgehead atoms. The largest absolute Gasteiger partial charge is 0.480 e. The van der Waals surface area contributed by atoms with E-state index in [4.69, 9.17) is 5.11 Å². The molecule has 7 heteroatoms. The highest BCUT2D eigenvalue weighted by molar-refractivity contribution is 14.1. The van der Waals surface area contributed by atoms with Crippen LogP contribution in [0.2, 0.25) is 0 Å². The van der Waals surface area contributed by atoms with Crippen LogP contribution in [0.4, 0.5) is 14.9 Å². The Labute approximate surface area is 123 Å². The van der Waals surface area contributed by atoms with E-state index in [-0.39, 0.29) is 3.57 Å². The van der Waals surface area contributed by atoms with E-state index in [1.165, 1.54) is 19.2 Å². The summed E-state index contributed by atoms with van der Waals surface area (Å²) in [7, 11) is 1.39. The number of halogens is 2. The number of rotatable bonds is 4. The Morgan fingerprint density at radius 1 is 1.53 bits per heavy atom. The van der Waals surface area contributed by atoms with Gasteiger partial charge in [0.2, 0.25) is 0 Å². The summed E-state index contributed by atoms with van der Waals surface area (Å²) >= 11 is 1.78. The van der Waals surface area contributed by atoms with Crippen LogP contribution in [0.5, 0.6) is 0 Å². The molecule has 0 heterocycles. The van der Waals surface area contributed by atoms with E-state index < -0.39 is 23.9 Å². The summed E-state index contributed by atoms with van der Waals surface area (Å²) in [6, 6.07) is 2.82. The van der Waals surface area contributed by atoms with E-state index in [0.29, 0.717) is 12.1 Å². The number of hydrogen-bond acceptors (Lipinski definition) is 2. The fraction of sp³-hybridized carbons (Fsp3) is 0.333. The van der Waals surface area contributed by atoms with Gasteiger partial charge in [0.25, 0.3) is 0 Å². The highest BCUT2D eigenvalue weighted by atomic mass is 127. The maximum atomic E-state index is 13.3. The number of carboxylic acid groups (broad SMARTS) is 1. The molecule has 19 heavy (non-hydrogen) atoms. The minimum atomic E-state index is -1.07. The third kappa shape index (κ3) is 3.79. The number of carbonyl (C=O) groups excluding carboxylic acids is 1. The molecule has 1 aromatic rings. The molecule has 1 unspecified atom stereocenters. The molecule has 1 rings (SSSR count). The van der Waals surface area contributed by atoms with Crippen molar-refractivity contribution < 1.29 is 19.1 Å². The minimum absolute atomic E-state index is 0.283. The van der Waals surface area contributed by atoms with Gasteiger partial charge >= 0.3 is 12.0 Å². The lowest BCUT2D eigenvalue weighted by Crippen LogP contribution is -2.44. The molecule has 2 amide bonds. The van der Waals surface area contributed by atoms with Gasteiger partial charge in [0.05, 0.1) is 9.26 Å². The summed E-state index contributed by atoms with van der Waals surface area (Å²) in [5.41, 5.74) is 0.317. The molecular formula is C12H14FIN2O3. The van der Waals surface area contributed by atoms with Gasteiger partial charge in [-0.05, 0) is 41.1 Å². The van der Waals surface area contributed by atoms with Gasteiger partial charge in [-0.1, -0.05) is 13.0 Å². The summed E-state index contributed by atoms with van der Waals surface area (Å²) < 4.78 is 13.6. The number of anilines is 1. The van der Waals surface area contributed by atoms with Gasteiger partial charge in [-0.15, -0.1) is 0 Å². The van der Waals surface area contributed by atoms with Crippen molar-refractivity contribution >= 4 is 40.3 Å². The molecular weight excluding hydrogens is 366 g/mol. The number of nitrogens with one attached hydrogen (secondary N) is 1. The SMILES string of the molecule is CCC(C(=O)O)N(C)C(=O)Nc1cccc(F)c1I. The number of carboxylic acids is 1. The van der Waals surface area contributed by atoms with Gasteiger partial charge in [-0.25, -0.2) is 14.0 Å². The van der Waals surface area contributed by atoms with Crippen LogP contribution in [0.3, 0.4) is 0 Å². The molecule has 5 nitrogen and oxygen atoms in total. The number of benzene rings is 1. The fourth-order valence-electron chi connectivity index (χ4n) is 1.56. The smallest absolute Gasteiger partial charge is 0.326 e. The van der Waals surface area contributed by atoms with E-state index in [1.54, 1.807) is 35.6 Å². The van der Waals surface area contributed by atoms with E-state index in [1.807, 2.05) is 0 Å². The Morgan fingerprint density at radius 2 is 2.16 bits per heavy atom. The molecule has 0 aromatic heterocycles. The Hall–Kier alpha value is -1.38. The number of likely N-dealkylation sites (N-methyl/N-ethyl adjacent to an activating group) is 1. The molecule has 0 aliphatic rings. The van der Waals surface area contributed by atoms with Gasteiger partial charge in [0.1, 0.15) is 11.9 Å². The summed E-state index contributed by atoms with van der Waals surface area (Å²) in [4.78, 5) is 24.0. The van der Waals surface area contributed by atoms with Crippen molar-refractivity contribution in [2.45, 2.75) is 19.4 Å². The molecule has 0 saturated heterocycles. The third-order valence-electron chi connectivity index (χ3n) is 2.65. The number of carbonyl (C=O) groups is 2. The summed E-state index contributed by atoms with van der Waals surface area (Å²) in [6.07, 6.45) is 0.291. The van der Waals surface area contributed by atoms with E-state index >= 15 is 0 Å². The van der Waals surface area contributed by atoms with E-state index in [0.717, 1.165) is 4.90 Å². The van der Waals surface area contributed by atoms with Gasteiger partial charge in [-0.3, -0.25) is 0 Å². The second kappa shape index (κ2) is 6.69. The highest BCUT2D eigenvalue weighted by Gasteiger charge is 2.25.